The zero-order valence-corrected chi connectivity index (χ0v) is 9.46. The molecule has 86 valence electrons. The van der Waals surface area contributed by atoms with Gasteiger partial charge in [0.15, 0.2) is 0 Å². The van der Waals surface area contributed by atoms with Gasteiger partial charge >= 0.3 is 0 Å². The summed E-state index contributed by atoms with van der Waals surface area (Å²) in [6.07, 6.45) is 0.0640. The number of hydrogen-bond acceptors (Lipinski definition) is 3. The van der Waals surface area contributed by atoms with E-state index in [1.165, 1.54) is 12.1 Å². The molecular weight excluding hydrogens is 231 g/mol. The van der Waals surface area contributed by atoms with Crippen LogP contribution in [0.1, 0.15) is 13.3 Å². The number of nitrogens with zero attached hydrogens (tertiary/aromatic N) is 1. The summed E-state index contributed by atoms with van der Waals surface area (Å²) >= 11 is 0. The first-order chi connectivity index (χ1) is 7.45. The summed E-state index contributed by atoms with van der Waals surface area (Å²) in [6, 6.07) is 6.06. The molecular formula is C10H11FN2O2S. The molecule has 0 aromatic heterocycles. The van der Waals surface area contributed by atoms with Crippen LogP contribution in [0.25, 0.3) is 0 Å². The Balaban J connectivity index is 2.91. The molecule has 0 fully saturated rings. The van der Waals surface area contributed by atoms with Gasteiger partial charge in [0, 0.05) is 6.04 Å². The summed E-state index contributed by atoms with van der Waals surface area (Å²) in [6.45, 7) is 1.57. The molecule has 1 aromatic carbocycles. The van der Waals surface area contributed by atoms with E-state index in [0.717, 1.165) is 12.1 Å². The minimum absolute atomic E-state index is 0.0640. The lowest BCUT2D eigenvalue weighted by Gasteiger charge is -2.10. The zero-order valence-electron chi connectivity index (χ0n) is 8.64. The molecule has 4 nitrogen and oxygen atoms in total. The van der Waals surface area contributed by atoms with Gasteiger partial charge < -0.3 is 0 Å². The van der Waals surface area contributed by atoms with E-state index in [4.69, 9.17) is 5.26 Å². The third-order valence-corrected chi connectivity index (χ3v) is 3.45. The maximum absolute atomic E-state index is 12.8. The van der Waals surface area contributed by atoms with Crippen molar-refractivity contribution in [2.24, 2.45) is 0 Å². The molecule has 0 spiro atoms. The lowest BCUT2D eigenvalue weighted by Crippen LogP contribution is -2.32. The van der Waals surface area contributed by atoms with Gasteiger partial charge in [-0.25, -0.2) is 17.5 Å². The van der Waals surface area contributed by atoms with Gasteiger partial charge in [0.05, 0.1) is 17.4 Å². The summed E-state index contributed by atoms with van der Waals surface area (Å²) in [7, 11) is -3.75. The molecule has 0 aliphatic rings. The Hall–Kier alpha value is -1.45. The molecule has 0 radical (unpaired) electrons. The fraction of sp³-hybridized carbons (Fsp3) is 0.300. The molecule has 1 aromatic rings. The van der Waals surface area contributed by atoms with E-state index >= 15 is 0 Å². The Bertz CT molecular complexity index is 508. The van der Waals surface area contributed by atoms with E-state index in [2.05, 4.69) is 4.72 Å². The number of sulfonamides is 1. The van der Waals surface area contributed by atoms with Crippen molar-refractivity contribution >= 4 is 10.0 Å². The number of nitriles is 1. The van der Waals surface area contributed by atoms with E-state index in [1.807, 2.05) is 6.07 Å². The highest BCUT2D eigenvalue weighted by molar-refractivity contribution is 7.89. The minimum atomic E-state index is -3.75. The fourth-order valence-electron chi connectivity index (χ4n) is 1.15. The van der Waals surface area contributed by atoms with Crippen LogP contribution in [-0.2, 0) is 10.0 Å². The molecule has 6 heteroatoms. The summed E-state index contributed by atoms with van der Waals surface area (Å²) < 4.78 is 38.5. The minimum Gasteiger partial charge on any atom is -0.207 e. The lowest BCUT2D eigenvalue weighted by molar-refractivity contribution is 0.560. The Labute approximate surface area is 93.8 Å². The molecule has 0 bridgehead atoms. The highest BCUT2D eigenvalue weighted by atomic mass is 32.2. The van der Waals surface area contributed by atoms with Gasteiger partial charge in [0.25, 0.3) is 0 Å². The van der Waals surface area contributed by atoms with Crippen LogP contribution in [0.3, 0.4) is 0 Å². The van der Waals surface area contributed by atoms with Crippen LogP contribution >= 0.6 is 0 Å². The van der Waals surface area contributed by atoms with E-state index in [9.17, 15) is 12.8 Å². The molecule has 0 aliphatic heterocycles. The van der Waals surface area contributed by atoms with Crippen LogP contribution < -0.4 is 4.72 Å². The van der Waals surface area contributed by atoms with Crippen molar-refractivity contribution in [3.63, 3.8) is 0 Å². The van der Waals surface area contributed by atoms with E-state index in [-0.39, 0.29) is 11.3 Å². The standard InChI is InChI=1S/C10H11FN2O2S/c1-8(5-6-12)13-16(14,15)10-4-2-3-9(11)7-10/h2-4,7-8,13H,5H2,1H3. The average Bonchev–Trinajstić information content (AvgIpc) is 2.17. The summed E-state index contributed by atoms with van der Waals surface area (Å²) in [4.78, 5) is -0.141. The second-order valence-electron chi connectivity index (χ2n) is 3.34. The predicted octanol–water partition coefficient (Wildman–Crippen LogP) is 1.41. The topological polar surface area (TPSA) is 70.0 Å². The predicted molar refractivity (Wildman–Crippen MR) is 56.4 cm³/mol. The van der Waals surface area contributed by atoms with E-state index in [1.54, 1.807) is 6.92 Å². The molecule has 1 N–H and O–H groups in total. The SMILES string of the molecule is CC(CC#N)NS(=O)(=O)c1cccc(F)c1. The number of rotatable bonds is 4. The van der Waals surface area contributed by atoms with Crippen molar-refractivity contribution in [2.45, 2.75) is 24.3 Å². The van der Waals surface area contributed by atoms with E-state index < -0.39 is 21.9 Å². The van der Waals surface area contributed by atoms with Gasteiger partial charge in [0.2, 0.25) is 10.0 Å². The summed E-state index contributed by atoms with van der Waals surface area (Å²) in [5, 5.41) is 8.40. The Morgan fingerprint density at radius 2 is 2.25 bits per heavy atom. The van der Waals surface area contributed by atoms with Crippen molar-refractivity contribution in [3.8, 4) is 6.07 Å². The Kier molecular flexibility index (Phi) is 3.99. The summed E-state index contributed by atoms with van der Waals surface area (Å²) in [5.74, 6) is -0.615. The number of benzene rings is 1. The van der Waals surface area contributed by atoms with Gasteiger partial charge in [0.1, 0.15) is 5.82 Å². The third-order valence-electron chi connectivity index (χ3n) is 1.86. The van der Waals surface area contributed by atoms with Gasteiger partial charge in [-0.2, -0.15) is 5.26 Å². The normalized spacial score (nSPS) is 13.1. The van der Waals surface area contributed by atoms with Crippen LogP contribution in [0.5, 0.6) is 0 Å². The van der Waals surface area contributed by atoms with Crippen molar-refractivity contribution in [2.75, 3.05) is 0 Å². The van der Waals surface area contributed by atoms with E-state index in [0.29, 0.717) is 0 Å². The van der Waals surface area contributed by atoms with Gasteiger partial charge in [-0.1, -0.05) is 6.07 Å². The van der Waals surface area contributed by atoms with Crippen LogP contribution in [-0.4, -0.2) is 14.5 Å². The molecule has 0 saturated heterocycles. The van der Waals surface area contributed by atoms with Gasteiger partial charge in [-0.3, -0.25) is 0 Å². The molecule has 0 heterocycles. The number of halogens is 1. The molecule has 16 heavy (non-hydrogen) atoms. The maximum Gasteiger partial charge on any atom is 0.240 e. The third kappa shape index (κ3) is 3.29. The smallest absolute Gasteiger partial charge is 0.207 e. The number of nitrogens with one attached hydrogen (secondary N) is 1. The molecule has 0 saturated carbocycles. The quantitative estimate of drug-likeness (QED) is 0.867. The van der Waals surface area contributed by atoms with Crippen molar-refractivity contribution in [1.29, 1.82) is 5.26 Å². The van der Waals surface area contributed by atoms with Gasteiger partial charge in [-0.05, 0) is 25.1 Å². The molecule has 0 aliphatic carbocycles. The Morgan fingerprint density at radius 3 is 2.81 bits per heavy atom. The van der Waals surface area contributed by atoms with Crippen LogP contribution in [0.15, 0.2) is 29.2 Å². The van der Waals surface area contributed by atoms with Crippen LogP contribution in [0, 0.1) is 17.1 Å². The first-order valence-electron chi connectivity index (χ1n) is 4.60. The highest BCUT2D eigenvalue weighted by Crippen LogP contribution is 2.11. The van der Waals surface area contributed by atoms with Gasteiger partial charge in [-0.15, -0.1) is 0 Å². The lowest BCUT2D eigenvalue weighted by atomic mass is 10.3. The van der Waals surface area contributed by atoms with Crippen molar-refractivity contribution in [1.82, 2.24) is 4.72 Å². The zero-order chi connectivity index (χ0) is 12.2. The maximum atomic E-state index is 12.8. The van der Waals surface area contributed by atoms with Crippen molar-refractivity contribution in [3.05, 3.63) is 30.1 Å². The van der Waals surface area contributed by atoms with Crippen molar-refractivity contribution < 1.29 is 12.8 Å². The van der Waals surface area contributed by atoms with Crippen LogP contribution in [0.2, 0.25) is 0 Å². The largest absolute Gasteiger partial charge is 0.240 e. The number of hydrogen-bond donors (Lipinski definition) is 1. The second kappa shape index (κ2) is 5.05. The molecule has 1 atom stereocenters. The molecule has 0 amide bonds. The fourth-order valence-corrected chi connectivity index (χ4v) is 2.42. The monoisotopic (exact) mass is 242 g/mol. The average molecular weight is 242 g/mol. The summed E-state index contributed by atoms with van der Waals surface area (Å²) in [5.41, 5.74) is 0. The van der Waals surface area contributed by atoms with Crippen LogP contribution in [0.4, 0.5) is 4.39 Å². The first kappa shape index (κ1) is 12.6. The highest BCUT2D eigenvalue weighted by Gasteiger charge is 2.17. The Morgan fingerprint density at radius 1 is 1.56 bits per heavy atom. The molecule has 1 rings (SSSR count). The first-order valence-corrected chi connectivity index (χ1v) is 6.09. The second-order valence-corrected chi connectivity index (χ2v) is 5.06. The molecule has 1 unspecified atom stereocenters.